The van der Waals surface area contributed by atoms with Gasteiger partial charge in [-0.25, -0.2) is 4.79 Å². The molecule has 1 atom stereocenters. The number of hydrogen-bond acceptors (Lipinski definition) is 3. The fourth-order valence-electron chi connectivity index (χ4n) is 1.39. The zero-order valence-electron chi connectivity index (χ0n) is 11.6. The van der Waals surface area contributed by atoms with Gasteiger partial charge in [0, 0.05) is 0 Å². The van der Waals surface area contributed by atoms with Crippen LogP contribution in [0.3, 0.4) is 0 Å². The summed E-state index contributed by atoms with van der Waals surface area (Å²) in [6, 6.07) is -1.73. The predicted octanol–water partition coefficient (Wildman–Crippen LogP) is 3.00. The Kier molecular flexibility index (Phi) is 6.33. The number of hydrogen-bond donors (Lipinski definition) is 2. The van der Waals surface area contributed by atoms with E-state index in [4.69, 9.17) is 9.84 Å². The molecule has 2 N–H and O–H groups in total. The van der Waals surface area contributed by atoms with E-state index in [1.165, 1.54) is 20.8 Å². The Morgan fingerprint density at radius 1 is 1.10 bits per heavy atom. The van der Waals surface area contributed by atoms with Gasteiger partial charge in [-0.05, 0) is 27.2 Å². The molecule has 0 spiro atoms. The fourth-order valence-corrected chi connectivity index (χ4v) is 1.39. The number of rotatable bonds is 4. The van der Waals surface area contributed by atoms with E-state index < -0.39 is 49.0 Å². The standard InChI is InChI=1S/C11H17F6NO3/c1-9(2,3)21-8(20)18-6(5-19)4-7(10(12,13)14)11(15,16)17/h6-7,19H,4-5H2,1-3H3,(H,18,20)/t6-/m0/s1. The van der Waals surface area contributed by atoms with Crippen LogP contribution in [0.4, 0.5) is 31.1 Å². The molecule has 0 rings (SSSR count). The minimum atomic E-state index is -5.53. The number of aliphatic hydroxyl groups excluding tert-OH is 1. The topological polar surface area (TPSA) is 58.6 Å². The lowest BCUT2D eigenvalue weighted by Gasteiger charge is -2.27. The first-order chi connectivity index (χ1) is 9.16. The monoisotopic (exact) mass is 325 g/mol. The van der Waals surface area contributed by atoms with Crippen LogP contribution in [-0.2, 0) is 4.74 Å². The van der Waals surface area contributed by atoms with Crippen molar-refractivity contribution in [2.75, 3.05) is 6.61 Å². The van der Waals surface area contributed by atoms with Gasteiger partial charge in [0.25, 0.3) is 0 Å². The minimum absolute atomic E-state index is 0.975. The van der Waals surface area contributed by atoms with Crippen molar-refractivity contribution in [3.63, 3.8) is 0 Å². The summed E-state index contributed by atoms with van der Waals surface area (Å²) >= 11 is 0. The summed E-state index contributed by atoms with van der Waals surface area (Å²) in [5, 5.41) is 10.6. The first kappa shape index (κ1) is 19.8. The summed E-state index contributed by atoms with van der Waals surface area (Å²) in [5.74, 6) is -3.64. The molecule has 0 aromatic heterocycles. The van der Waals surface area contributed by atoms with Crippen molar-refractivity contribution in [2.24, 2.45) is 5.92 Å². The normalized spacial score (nSPS) is 15.0. The van der Waals surface area contributed by atoms with Crippen molar-refractivity contribution in [2.45, 2.75) is 51.2 Å². The number of aliphatic hydroxyl groups is 1. The SMILES string of the molecule is CC(C)(C)OC(=O)N[C@H](CO)CC(C(F)(F)F)C(F)(F)F. The molecule has 0 aromatic rings. The van der Waals surface area contributed by atoms with Crippen LogP contribution in [-0.4, -0.2) is 41.8 Å². The quantitative estimate of drug-likeness (QED) is 0.781. The van der Waals surface area contributed by atoms with Crippen LogP contribution >= 0.6 is 0 Å². The minimum Gasteiger partial charge on any atom is -0.444 e. The van der Waals surface area contributed by atoms with Gasteiger partial charge in [0.2, 0.25) is 0 Å². The summed E-state index contributed by atoms with van der Waals surface area (Å²) in [7, 11) is 0. The van der Waals surface area contributed by atoms with Gasteiger partial charge in [-0.1, -0.05) is 0 Å². The molecule has 126 valence electrons. The Hall–Kier alpha value is -1.19. The van der Waals surface area contributed by atoms with Gasteiger partial charge in [-0.2, -0.15) is 26.3 Å². The van der Waals surface area contributed by atoms with Gasteiger partial charge in [-0.3, -0.25) is 0 Å². The molecule has 0 aromatic carbocycles. The lowest BCUT2D eigenvalue weighted by Crippen LogP contribution is -2.46. The maximum absolute atomic E-state index is 12.4. The molecule has 10 heteroatoms. The van der Waals surface area contributed by atoms with Gasteiger partial charge >= 0.3 is 18.4 Å². The maximum atomic E-state index is 12.4. The number of amides is 1. The summed E-state index contributed by atoms with van der Waals surface area (Å²) in [5.41, 5.74) is -0.975. The van der Waals surface area contributed by atoms with Crippen molar-refractivity contribution >= 4 is 6.09 Å². The average Bonchev–Trinajstić information content (AvgIpc) is 2.17. The van der Waals surface area contributed by atoms with Crippen molar-refractivity contribution in [3.8, 4) is 0 Å². The molecule has 0 saturated heterocycles. The molecule has 1 amide bonds. The number of carbonyl (C=O) groups is 1. The Bertz CT molecular complexity index is 333. The highest BCUT2D eigenvalue weighted by molar-refractivity contribution is 5.68. The van der Waals surface area contributed by atoms with Gasteiger partial charge in [0.05, 0.1) is 12.6 Å². The first-order valence-electron chi connectivity index (χ1n) is 5.90. The highest BCUT2D eigenvalue weighted by Crippen LogP contribution is 2.41. The second-order valence-electron chi connectivity index (χ2n) is 5.40. The fraction of sp³-hybridized carbons (Fsp3) is 0.909. The molecule has 4 nitrogen and oxygen atoms in total. The highest BCUT2D eigenvalue weighted by atomic mass is 19.4. The van der Waals surface area contributed by atoms with Crippen LogP contribution < -0.4 is 5.32 Å². The van der Waals surface area contributed by atoms with E-state index >= 15 is 0 Å². The summed E-state index contributed by atoms with van der Waals surface area (Å²) in [6.07, 6.45) is -13.8. The van der Waals surface area contributed by atoms with E-state index in [1.54, 1.807) is 5.32 Å². The Morgan fingerprint density at radius 2 is 1.52 bits per heavy atom. The molecule has 0 bridgehead atoms. The van der Waals surface area contributed by atoms with Crippen LogP contribution in [0.25, 0.3) is 0 Å². The lowest BCUT2D eigenvalue weighted by atomic mass is 9.99. The maximum Gasteiger partial charge on any atom is 0.407 e. The molecular formula is C11H17F6NO3. The van der Waals surface area contributed by atoms with Gasteiger partial charge < -0.3 is 15.2 Å². The third-order valence-electron chi connectivity index (χ3n) is 2.25. The molecule has 0 saturated carbocycles. The summed E-state index contributed by atoms with van der Waals surface area (Å²) in [4.78, 5) is 11.3. The van der Waals surface area contributed by atoms with E-state index in [-0.39, 0.29) is 0 Å². The summed E-state index contributed by atoms with van der Waals surface area (Å²) < 4.78 is 79.0. The second kappa shape index (κ2) is 6.71. The summed E-state index contributed by atoms with van der Waals surface area (Å²) in [6.45, 7) is 3.32. The first-order valence-corrected chi connectivity index (χ1v) is 5.90. The molecule has 0 fully saturated rings. The van der Waals surface area contributed by atoms with Crippen molar-refractivity contribution in [3.05, 3.63) is 0 Å². The van der Waals surface area contributed by atoms with E-state index in [1.807, 2.05) is 0 Å². The van der Waals surface area contributed by atoms with Crippen LogP contribution in [0.15, 0.2) is 0 Å². The largest absolute Gasteiger partial charge is 0.444 e. The Balaban J connectivity index is 4.85. The van der Waals surface area contributed by atoms with E-state index in [0.29, 0.717) is 0 Å². The van der Waals surface area contributed by atoms with Crippen LogP contribution in [0, 0.1) is 5.92 Å². The van der Waals surface area contributed by atoms with Crippen LogP contribution in [0.5, 0.6) is 0 Å². The zero-order chi connectivity index (χ0) is 17.1. The number of halogens is 6. The number of alkyl carbamates (subject to hydrolysis) is 1. The Labute approximate surface area is 117 Å². The van der Waals surface area contributed by atoms with Gasteiger partial charge in [-0.15, -0.1) is 0 Å². The van der Waals surface area contributed by atoms with Crippen molar-refractivity contribution in [1.29, 1.82) is 0 Å². The van der Waals surface area contributed by atoms with Crippen molar-refractivity contribution < 1.29 is 41.0 Å². The smallest absolute Gasteiger partial charge is 0.407 e. The molecule has 0 aliphatic rings. The number of alkyl halides is 6. The van der Waals surface area contributed by atoms with Crippen LogP contribution in [0.2, 0.25) is 0 Å². The van der Waals surface area contributed by atoms with E-state index in [0.717, 1.165) is 0 Å². The average molecular weight is 325 g/mol. The predicted molar refractivity (Wildman–Crippen MR) is 60.5 cm³/mol. The van der Waals surface area contributed by atoms with Gasteiger partial charge in [0.1, 0.15) is 5.60 Å². The number of ether oxygens (including phenoxy) is 1. The highest BCUT2D eigenvalue weighted by Gasteiger charge is 2.57. The molecule has 0 aliphatic heterocycles. The zero-order valence-corrected chi connectivity index (χ0v) is 11.6. The van der Waals surface area contributed by atoms with E-state index in [9.17, 15) is 31.1 Å². The molecular weight excluding hydrogens is 308 g/mol. The van der Waals surface area contributed by atoms with Gasteiger partial charge in [0.15, 0.2) is 5.92 Å². The molecule has 21 heavy (non-hydrogen) atoms. The third kappa shape index (κ3) is 7.98. The second-order valence-corrected chi connectivity index (χ2v) is 5.40. The Morgan fingerprint density at radius 3 is 1.81 bits per heavy atom. The van der Waals surface area contributed by atoms with E-state index in [2.05, 4.69) is 0 Å². The number of carbonyl (C=O) groups excluding carboxylic acids is 1. The molecule has 0 heterocycles. The van der Waals surface area contributed by atoms with Crippen LogP contribution in [0.1, 0.15) is 27.2 Å². The third-order valence-corrected chi connectivity index (χ3v) is 2.25. The molecule has 0 radical (unpaired) electrons. The lowest BCUT2D eigenvalue weighted by molar-refractivity contribution is -0.287. The molecule has 0 unspecified atom stereocenters. The number of nitrogens with one attached hydrogen (secondary N) is 1. The molecule has 0 aliphatic carbocycles. The van der Waals surface area contributed by atoms with Crippen molar-refractivity contribution in [1.82, 2.24) is 5.32 Å².